The summed E-state index contributed by atoms with van der Waals surface area (Å²) in [7, 11) is 1.50. The van der Waals surface area contributed by atoms with E-state index in [1.165, 1.54) is 7.11 Å². The number of benzene rings is 1. The van der Waals surface area contributed by atoms with Crippen LogP contribution in [0.2, 0.25) is 5.02 Å². The average Bonchev–Trinajstić information content (AvgIpc) is 2.30. The van der Waals surface area contributed by atoms with Gasteiger partial charge >= 0.3 is 0 Å². The molecule has 86 valence electrons. The molecule has 0 heterocycles. The summed E-state index contributed by atoms with van der Waals surface area (Å²) in [5.41, 5.74) is 2.82. The molecule has 0 atom stereocenters. The topological polar surface area (TPSA) is 81.2 Å². The number of halogens is 2. The molecule has 5 nitrogen and oxygen atoms in total. The minimum Gasteiger partial charge on any atom is -0.494 e. The predicted octanol–water partition coefficient (Wildman–Crippen LogP) is 2.93. The average molecular weight is 314 g/mol. The summed E-state index contributed by atoms with van der Waals surface area (Å²) >= 11 is 9.22. The molecule has 1 N–H and O–H groups in total. The van der Waals surface area contributed by atoms with Gasteiger partial charge in [0, 0.05) is 0 Å². The molecule has 7 heteroatoms. The molecule has 0 fully saturated rings. The molecule has 0 saturated heterocycles. The summed E-state index contributed by atoms with van der Waals surface area (Å²) in [5.74, 6) is 0.502. The highest BCUT2D eigenvalue weighted by Gasteiger charge is 2.07. The number of nitriles is 2. The van der Waals surface area contributed by atoms with Crippen molar-refractivity contribution in [3.63, 3.8) is 0 Å². The molecule has 0 radical (unpaired) electrons. The van der Waals surface area contributed by atoms with Gasteiger partial charge in [-0.1, -0.05) is 11.6 Å². The lowest BCUT2D eigenvalue weighted by Gasteiger charge is -2.08. The van der Waals surface area contributed by atoms with Gasteiger partial charge in [-0.2, -0.15) is 15.6 Å². The van der Waals surface area contributed by atoms with Gasteiger partial charge in [0.05, 0.1) is 22.3 Å². The van der Waals surface area contributed by atoms with Crippen molar-refractivity contribution in [2.24, 2.45) is 5.10 Å². The van der Waals surface area contributed by atoms with E-state index in [0.717, 1.165) is 0 Å². The molecule has 0 aliphatic heterocycles. The number of rotatable bonds is 3. The second kappa shape index (κ2) is 6.09. The Morgan fingerprint density at radius 1 is 1.47 bits per heavy atom. The van der Waals surface area contributed by atoms with Crippen LogP contribution in [0.25, 0.3) is 0 Å². The number of anilines is 1. The van der Waals surface area contributed by atoms with E-state index in [4.69, 9.17) is 26.9 Å². The van der Waals surface area contributed by atoms with Crippen molar-refractivity contribution < 1.29 is 4.74 Å². The Hall–Kier alpha value is -1.76. The molecule has 0 bridgehead atoms. The fraction of sp³-hybridized carbons (Fsp3) is 0.100. The van der Waals surface area contributed by atoms with Crippen molar-refractivity contribution in [1.29, 1.82) is 10.5 Å². The summed E-state index contributed by atoms with van der Waals surface area (Å²) in [5, 5.41) is 21.0. The van der Waals surface area contributed by atoms with Gasteiger partial charge in [0.2, 0.25) is 5.71 Å². The number of hydrazone groups is 1. The van der Waals surface area contributed by atoms with E-state index in [1.807, 2.05) is 0 Å². The van der Waals surface area contributed by atoms with Crippen molar-refractivity contribution in [2.45, 2.75) is 0 Å². The smallest absolute Gasteiger partial charge is 0.237 e. The van der Waals surface area contributed by atoms with Gasteiger partial charge in [-0.05, 0) is 28.1 Å². The van der Waals surface area contributed by atoms with Crippen LogP contribution in [0.4, 0.5) is 5.69 Å². The molecule has 0 saturated carbocycles. The standard InChI is InChI=1S/C10H6BrClN4O/c1-17-10-8(11)2-6(3-9(10)12)15-16-7(4-13)5-14/h2-3,15H,1H3. The van der Waals surface area contributed by atoms with Crippen molar-refractivity contribution in [3.05, 3.63) is 21.6 Å². The second-order valence-electron chi connectivity index (χ2n) is 2.77. The zero-order valence-corrected chi connectivity index (χ0v) is 11.0. The molecule has 0 aliphatic carbocycles. The van der Waals surface area contributed by atoms with E-state index >= 15 is 0 Å². The minimum atomic E-state index is -0.270. The van der Waals surface area contributed by atoms with E-state index in [2.05, 4.69) is 26.5 Å². The van der Waals surface area contributed by atoms with Crippen LogP contribution >= 0.6 is 27.5 Å². The van der Waals surface area contributed by atoms with Crippen LogP contribution in [0.5, 0.6) is 5.75 Å². The van der Waals surface area contributed by atoms with Crippen molar-refractivity contribution in [3.8, 4) is 17.9 Å². The highest BCUT2D eigenvalue weighted by atomic mass is 79.9. The van der Waals surface area contributed by atoms with E-state index in [-0.39, 0.29) is 5.71 Å². The first-order valence-electron chi connectivity index (χ1n) is 4.29. The largest absolute Gasteiger partial charge is 0.494 e. The monoisotopic (exact) mass is 312 g/mol. The van der Waals surface area contributed by atoms with Gasteiger partial charge in [-0.25, -0.2) is 0 Å². The number of hydrogen-bond donors (Lipinski definition) is 1. The van der Waals surface area contributed by atoms with Crippen LogP contribution in [0.1, 0.15) is 0 Å². The molecule has 0 aliphatic rings. The van der Waals surface area contributed by atoms with Gasteiger partial charge < -0.3 is 4.74 Å². The fourth-order valence-corrected chi connectivity index (χ4v) is 2.05. The normalized spacial score (nSPS) is 8.76. The van der Waals surface area contributed by atoms with Crippen LogP contribution in [-0.2, 0) is 0 Å². The maximum atomic E-state index is 8.50. The molecule has 1 aromatic carbocycles. The van der Waals surface area contributed by atoms with Gasteiger partial charge in [-0.15, -0.1) is 0 Å². The van der Waals surface area contributed by atoms with Crippen LogP contribution in [-0.4, -0.2) is 12.8 Å². The van der Waals surface area contributed by atoms with Gasteiger partial charge in [-0.3, -0.25) is 5.43 Å². The summed E-state index contributed by atoms with van der Waals surface area (Å²) < 4.78 is 5.69. The first-order chi connectivity index (χ1) is 8.12. The Morgan fingerprint density at radius 3 is 2.59 bits per heavy atom. The lowest BCUT2D eigenvalue weighted by atomic mass is 10.3. The number of hydrogen-bond acceptors (Lipinski definition) is 5. The molecule has 0 unspecified atom stereocenters. The summed E-state index contributed by atoms with van der Waals surface area (Å²) in [4.78, 5) is 0. The van der Waals surface area contributed by atoms with Gasteiger partial charge in [0.25, 0.3) is 0 Å². The molecular weight excluding hydrogens is 307 g/mol. The van der Waals surface area contributed by atoms with Gasteiger partial charge in [0.15, 0.2) is 5.75 Å². The molecule has 1 aromatic rings. The lowest BCUT2D eigenvalue weighted by Crippen LogP contribution is -1.97. The second-order valence-corrected chi connectivity index (χ2v) is 4.03. The molecule has 0 spiro atoms. The van der Waals surface area contributed by atoms with Crippen LogP contribution in [0.3, 0.4) is 0 Å². The highest BCUT2D eigenvalue weighted by Crippen LogP contribution is 2.35. The maximum Gasteiger partial charge on any atom is 0.237 e. The predicted molar refractivity (Wildman–Crippen MR) is 68.0 cm³/mol. The Labute approximate surface area is 111 Å². The SMILES string of the molecule is COc1c(Cl)cc(NN=C(C#N)C#N)cc1Br. The summed E-state index contributed by atoms with van der Waals surface area (Å²) in [6.45, 7) is 0. The number of ether oxygens (including phenoxy) is 1. The van der Waals surface area contributed by atoms with Gasteiger partial charge in [0.1, 0.15) is 12.1 Å². The van der Waals surface area contributed by atoms with Crippen LogP contribution in [0.15, 0.2) is 21.7 Å². The number of nitrogens with one attached hydrogen (secondary N) is 1. The Morgan fingerprint density at radius 2 is 2.12 bits per heavy atom. The number of nitrogens with zero attached hydrogens (tertiary/aromatic N) is 3. The number of methoxy groups -OCH3 is 1. The first kappa shape index (κ1) is 13.3. The third-order valence-electron chi connectivity index (χ3n) is 1.71. The minimum absolute atomic E-state index is 0.270. The van der Waals surface area contributed by atoms with E-state index in [0.29, 0.717) is 20.9 Å². The summed E-state index contributed by atoms with van der Waals surface area (Å²) in [6.07, 6.45) is 0. The molecule has 0 aromatic heterocycles. The van der Waals surface area contributed by atoms with Crippen molar-refractivity contribution in [1.82, 2.24) is 0 Å². The van der Waals surface area contributed by atoms with E-state index < -0.39 is 0 Å². The molecule has 17 heavy (non-hydrogen) atoms. The molecule has 0 amide bonds. The van der Waals surface area contributed by atoms with E-state index in [9.17, 15) is 0 Å². The Balaban J connectivity index is 3.00. The van der Waals surface area contributed by atoms with Crippen LogP contribution in [0, 0.1) is 22.7 Å². The van der Waals surface area contributed by atoms with Crippen molar-refractivity contribution in [2.75, 3.05) is 12.5 Å². The van der Waals surface area contributed by atoms with Crippen molar-refractivity contribution >= 4 is 38.9 Å². The third kappa shape index (κ3) is 3.35. The Kier molecular flexibility index (Phi) is 4.77. The maximum absolute atomic E-state index is 8.50. The quantitative estimate of drug-likeness (QED) is 0.687. The fourth-order valence-electron chi connectivity index (χ4n) is 1.01. The third-order valence-corrected chi connectivity index (χ3v) is 2.58. The zero-order chi connectivity index (χ0) is 12.8. The lowest BCUT2D eigenvalue weighted by molar-refractivity contribution is 0.412. The van der Waals surface area contributed by atoms with Crippen LogP contribution < -0.4 is 10.2 Å². The Bertz CT molecular complexity index is 505. The molecular formula is C10H6BrClN4O. The molecule has 1 rings (SSSR count). The summed E-state index contributed by atoms with van der Waals surface area (Å²) in [6, 6.07) is 6.50. The zero-order valence-electron chi connectivity index (χ0n) is 8.66. The highest BCUT2D eigenvalue weighted by molar-refractivity contribution is 9.10. The van der Waals surface area contributed by atoms with E-state index in [1.54, 1.807) is 24.3 Å². The first-order valence-corrected chi connectivity index (χ1v) is 5.46.